The Morgan fingerprint density at radius 3 is 2.20 bits per heavy atom. The number of hydrogen-bond donors (Lipinski definition) is 1. The van der Waals surface area contributed by atoms with Gasteiger partial charge in [-0.2, -0.15) is 18.3 Å². The first kappa shape index (κ1) is 9.26. The first-order valence-corrected chi connectivity index (χ1v) is 2.72. The van der Waals surface area contributed by atoms with Crippen LogP contribution in [0.5, 0.6) is 0 Å². The molecule has 0 aromatic carbocycles. The first-order valence-electron chi connectivity index (χ1n) is 2.72. The zero-order valence-electron chi connectivity index (χ0n) is 5.79. The fraction of sp³-hybridized carbons (Fsp3) is 0.800. The molecule has 0 aliphatic heterocycles. The van der Waals surface area contributed by atoms with E-state index >= 15 is 0 Å². The highest BCUT2D eigenvalue weighted by atomic mass is 19.4. The Labute approximate surface area is 57.1 Å². The van der Waals surface area contributed by atoms with Gasteiger partial charge in [-0.1, -0.05) is 0 Å². The summed E-state index contributed by atoms with van der Waals surface area (Å²) in [6, 6.07) is 0. The largest absolute Gasteiger partial charge is 0.407 e. The quantitative estimate of drug-likeness (QED) is 0.473. The Morgan fingerprint density at radius 1 is 1.40 bits per heavy atom. The lowest BCUT2D eigenvalue weighted by molar-refractivity contribution is -0.124. The van der Waals surface area contributed by atoms with Crippen LogP contribution in [0.2, 0.25) is 0 Å². The summed E-state index contributed by atoms with van der Waals surface area (Å²) in [5.74, 6) is 0. The van der Waals surface area contributed by atoms with Crippen molar-refractivity contribution in [3.8, 4) is 0 Å². The van der Waals surface area contributed by atoms with E-state index in [4.69, 9.17) is 0 Å². The van der Waals surface area contributed by atoms with Gasteiger partial charge in [-0.3, -0.25) is 0 Å². The van der Waals surface area contributed by atoms with E-state index in [0.717, 1.165) is 0 Å². The average molecular weight is 154 g/mol. The Morgan fingerprint density at radius 2 is 1.90 bits per heavy atom. The maximum Gasteiger partial charge on any atom is 0.407 e. The van der Waals surface area contributed by atoms with Crippen LogP contribution in [0.1, 0.15) is 13.8 Å². The maximum atomic E-state index is 11.4. The topological polar surface area (TPSA) is 24.4 Å². The lowest BCUT2D eigenvalue weighted by Crippen LogP contribution is -2.25. The zero-order valence-corrected chi connectivity index (χ0v) is 5.79. The molecule has 0 atom stereocenters. The molecule has 0 aromatic heterocycles. The summed E-state index contributed by atoms with van der Waals surface area (Å²) >= 11 is 0. The highest BCUT2D eigenvalue weighted by Gasteiger charge is 2.26. The smallest absolute Gasteiger partial charge is 0.301 e. The second-order valence-electron chi connectivity index (χ2n) is 2.01. The van der Waals surface area contributed by atoms with Crippen LogP contribution in [0.4, 0.5) is 13.2 Å². The van der Waals surface area contributed by atoms with E-state index in [-0.39, 0.29) is 0 Å². The predicted molar refractivity (Wildman–Crippen MR) is 32.8 cm³/mol. The van der Waals surface area contributed by atoms with E-state index in [2.05, 4.69) is 5.10 Å². The van der Waals surface area contributed by atoms with Crippen LogP contribution in [-0.4, -0.2) is 18.4 Å². The Hall–Kier alpha value is -0.740. The normalized spacial score (nSPS) is 10.9. The van der Waals surface area contributed by atoms with Gasteiger partial charge in [0.25, 0.3) is 0 Å². The lowest BCUT2D eigenvalue weighted by Gasteiger charge is -2.04. The number of nitrogens with one attached hydrogen (secondary N) is 1. The maximum absolute atomic E-state index is 11.4. The summed E-state index contributed by atoms with van der Waals surface area (Å²) in [5, 5.41) is 3.36. The fourth-order valence-corrected chi connectivity index (χ4v) is 0.287. The van der Waals surface area contributed by atoms with Gasteiger partial charge < -0.3 is 5.43 Å². The second-order valence-corrected chi connectivity index (χ2v) is 2.01. The van der Waals surface area contributed by atoms with Gasteiger partial charge in [-0.15, -0.1) is 0 Å². The van der Waals surface area contributed by atoms with E-state index < -0.39 is 12.7 Å². The van der Waals surface area contributed by atoms with Crippen molar-refractivity contribution < 1.29 is 13.2 Å². The van der Waals surface area contributed by atoms with Gasteiger partial charge in [0, 0.05) is 5.71 Å². The van der Waals surface area contributed by atoms with E-state index in [1.165, 1.54) is 0 Å². The van der Waals surface area contributed by atoms with Gasteiger partial charge in [0.15, 0.2) is 0 Å². The molecule has 0 bridgehead atoms. The van der Waals surface area contributed by atoms with Crippen LogP contribution >= 0.6 is 0 Å². The minimum atomic E-state index is -4.18. The Balaban J connectivity index is 3.47. The molecule has 5 heteroatoms. The second kappa shape index (κ2) is 3.43. The molecule has 0 saturated heterocycles. The van der Waals surface area contributed by atoms with Crippen molar-refractivity contribution in [3.05, 3.63) is 0 Å². The number of halogens is 3. The number of rotatable bonds is 2. The number of nitrogens with zero attached hydrogens (tertiary/aromatic N) is 1. The van der Waals surface area contributed by atoms with E-state index in [9.17, 15) is 13.2 Å². The SMILES string of the molecule is CC(C)=NNCC(F)(F)F. The van der Waals surface area contributed by atoms with E-state index in [1.54, 1.807) is 13.8 Å². The van der Waals surface area contributed by atoms with Gasteiger partial charge in [0.2, 0.25) is 0 Å². The fourth-order valence-electron chi connectivity index (χ4n) is 0.287. The van der Waals surface area contributed by atoms with Gasteiger partial charge in [0.1, 0.15) is 6.54 Å². The molecule has 0 spiro atoms. The van der Waals surface area contributed by atoms with Gasteiger partial charge in [0.05, 0.1) is 0 Å². The highest BCUT2D eigenvalue weighted by molar-refractivity contribution is 5.78. The first-order chi connectivity index (χ1) is 4.42. The predicted octanol–water partition coefficient (Wildman–Crippen LogP) is 1.53. The van der Waals surface area contributed by atoms with Crippen LogP contribution in [0, 0.1) is 0 Å². The molecule has 0 radical (unpaired) electrons. The van der Waals surface area contributed by atoms with Gasteiger partial charge in [-0.05, 0) is 13.8 Å². The summed E-state index contributed by atoms with van der Waals surface area (Å²) in [6.07, 6.45) is -4.18. The standard InChI is InChI=1S/C5H9F3N2/c1-4(2)10-9-3-5(6,7)8/h9H,3H2,1-2H3. The summed E-state index contributed by atoms with van der Waals surface area (Å²) in [5.41, 5.74) is 2.46. The molecule has 0 fully saturated rings. The minimum Gasteiger partial charge on any atom is -0.301 e. The number of alkyl halides is 3. The monoisotopic (exact) mass is 154 g/mol. The van der Waals surface area contributed by atoms with Crippen molar-refractivity contribution in [1.29, 1.82) is 0 Å². The van der Waals surface area contributed by atoms with Gasteiger partial charge in [-0.25, -0.2) is 0 Å². The molecule has 0 saturated carbocycles. The molecule has 0 aliphatic carbocycles. The molecule has 2 nitrogen and oxygen atoms in total. The van der Waals surface area contributed by atoms with E-state index in [1.807, 2.05) is 5.43 Å². The summed E-state index contributed by atoms with van der Waals surface area (Å²) in [7, 11) is 0. The van der Waals surface area contributed by atoms with Crippen molar-refractivity contribution in [2.75, 3.05) is 6.54 Å². The Bertz CT molecular complexity index is 123. The van der Waals surface area contributed by atoms with Crippen molar-refractivity contribution in [2.24, 2.45) is 5.10 Å². The van der Waals surface area contributed by atoms with Crippen LogP contribution in [-0.2, 0) is 0 Å². The van der Waals surface area contributed by atoms with Gasteiger partial charge >= 0.3 is 6.18 Å². The molecule has 0 heterocycles. The van der Waals surface area contributed by atoms with Crippen molar-refractivity contribution in [2.45, 2.75) is 20.0 Å². The third-order valence-electron chi connectivity index (χ3n) is 0.582. The van der Waals surface area contributed by atoms with Crippen molar-refractivity contribution in [1.82, 2.24) is 5.43 Å². The lowest BCUT2D eigenvalue weighted by atomic mass is 10.5. The highest BCUT2D eigenvalue weighted by Crippen LogP contribution is 2.11. The van der Waals surface area contributed by atoms with Crippen LogP contribution < -0.4 is 5.43 Å². The molecule has 0 unspecified atom stereocenters. The molecular weight excluding hydrogens is 145 g/mol. The van der Waals surface area contributed by atoms with Crippen LogP contribution in [0.3, 0.4) is 0 Å². The van der Waals surface area contributed by atoms with Crippen molar-refractivity contribution in [3.63, 3.8) is 0 Å². The molecule has 10 heavy (non-hydrogen) atoms. The molecule has 0 aliphatic rings. The zero-order chi connectivity index (χ0) is 8.20. The summed E-state index contributed by atoms with van der Waals surface area (Å²) in [6.45, 7) is 2.16. The molecule has 1 N–H and O–H groups in total. The molecule has 0 amide bonds. The number of hydrazone groups is 1. The average Bonchev–Trinajstić information content (AvgIpc) is 1.59. The number of hydrogen-bond acceptors (Lipinski definition) is 2. The molecule has 0 rings (SSSR count). The van der Waals surface area contributed by atoms with Crippen LogP contribution in [0.25, 0.3) is 0 Å². The summed E-state index contributed by atoms with van der Waals surface area (Å²) < 4.78 is 34.1. The molecular formula is C5H9F3N2. The minimum absolute atomic E-state index is 0.573. The Kier molecular flexibility index (Phi) is 3.18. The molecule has 0 aromatic rings. The third kappa shape index (κ3) is 7.26. The van der Waals surface area contributed by atoms with Crippen molar-refractivity contribution >= 4 is 5.71 Å². The van der Waals surface area contributed by atoms with Crippen LogP contribution in [0.15, 0.2) is 5.10 Å². The summed E-state index contributed by atoms with van der Waals surface area (Å²) in [4.78, 5) is 0. The molecule has 60 valence electrons. The third-order valence-corrected chi connectivity index (χ3v) is 0.582. The van der Waals surface area contributed by atoms with E-state index in [0.29, 0.717) is 5.71 Å².